The van der Waals surface area contributed by atoms with Crippen LogP contribution in [0.5, 0.6) is 6.01 Å². The number of halogens is 1. The van der Waals surface area contributed by atoms with Crippen LogP contribution < -0.4 is 10.1 Å². The van der Waals surface area contributed by atoms with Crippen LogP contribution in [0.4, 0.5) is 5.95 Å². The molecule has 0 bridgehead atoms. The Morgan fingerprint density at radius 2 is 2.14 bits per heavy atom. The number of fused-ring (bicyclic) bond motifs is 1. The van der Waals surface area contributed by atoms with E-state index in [2.05, 4.69) is 31.3 Å². The SMILES string of the molecule is CCOc1nc2n(n1)C(=O)C(c1ccccc1Br)C(=O)N2. The number of benzene rings is 1. The second-order valence-electron chi connectivity index (χ2n) is 4.34. The lowest BCUT2D eigenvalue weighted by Gasteiger charge is -2.21. The van der Waals surface area contributed by atoms with E-state index < -0.39 is 17.7 Å². The maximum atomic E-state index is 12.5. The number of ether oxygens (including phenoxy) is 1. The Morgan fingerprint density at radius 3 is 2.86 bits per heavy atom. The third-order valence-corrected chi connectivity index (χ3v) is 3.75. The number of anilines is 1. The summed E-state index contributed by atoms with van der Waals surface area (Å²) in [5, 5.41) is 6.54. The van der Waals surface area contributed by atoms with Crippen molar-refractivity contribution in [3.05, 3.63) is 34.3 Å². The minimum Gasteiger partial charge on any atom is -0.463 e. The fraction of sp³-hybridized carbons (Fsp3) is 0.231. The molecule has 1 aromatic heterocycles. The summed E-state index contributed by atoms with van der Waals surface area (Å²) in [5.41, 5.74) is 0.583. The quantitative estimate of drug-likeness (QED) is 0.853. The molecule has 2 heterocycles. The summed E-state index contributed by atoms with van der Waals surface area (Å²) in [7, 11) is 0. The number of rotatable bonds is 3. The molecule has 1 unspecified atom stereocenters. The molecule has 1 atom stereocenters. The van der Waals surface area contributed by atoms with Crippen molar-refractivity contribution in [1.29, 1.82) is 0 Å². The van der Waals surface area contributed by atoms with Crippen LogP contribution in [0.25, 0.3) is 0 Å². The summed E-state index contributed by atoms with van der Waals surface area (Å²) >= 11 is 3.35. The standard InChI is InChI=1S/C13H11BrN4O3/c1-2-21-13-16-12-15-10(19)9(11(20)18(12)17-13)7-5-3-4-6-8(7)14/h3-6,9H,2H2,1H3,(H,15,16,17,19). The van der Waals surface area contributed by atoms with Crippen LogP contribution in [0, 0.1) is 0 Å². The fourth-order valence-electron chi connectivity index (χ4n) is 2.12. The first-order valence-corrected chi connectivity index (χ1v) is 7.10. The van der Waals surface area contributed by atoms with Crippen LogP contribution in [0.2, 0.25) is 0 Å². The minimum atomic E-state index is -0.968. The highest BCUT2D eigenvalue weighted by Crippen LogP contribution is 2.31. The molecule has 3 rings (SSSR count). The Kier molecular flexibility index (Phi) is 3.46. The number of nitrogens with one attached hydrogen (secondary N) is 1. The van der Waals surface area contributed by atoms with E-state index in [1.165, 1.54) is 0 Å². The highest BCUT2D eigenvalue weighted by Gasteiger charge is 2.38. The summed E-state index contributed by atoms with van der Waals surface area (Å²) in [5.74, 6) is -1.78. The first-order valence-electron chi connectivity index (χ1n) is 6.31. The smallest absolute Gasteiger partial charge is 0.337 e. The first-order chi connectivity index (χ1) is 10.1. The van der Waals surface area contributed by atoms with Crippen molar-refractivity contribution in [2.75, 3.05) is 11.9 Å². The van der Waals surface area contributed by atoms with E-state index in [1.807, 2.05) is 6.07 Å². The number of hydrogen-bond acceptors (Lipinski definition) is 5. The molecule has 1 N–H and O–H groups in total. The van der Waals surface area contributed by atoms with Gasteiger partial charge in [-0.25, -0.2) is 0 Å². The molecule has 21 heavy (non-hydrogen) atoms. The number of carbonyl (C=O) groups is 2. The molecule has 1 amide bonds. The zero-order valence-electron chi connectivity index (χ0n) is 11.0. The van der Waals surface area contributed by atoms with Crippen molar-refractivity contribution in [2.45, 2.75) is 12.8 Å². The molecule has 0 aliphatic carbocycles. The Balaban J connectivity index is 2.03. The van der Waals surface area contributed by atoms with Crippen LogP contribution in [-0.2, 0) is 4.79 Å². The van der Waals surface area contributed by atoms with Gasteiger partial charge in [-0.2, -0.15) is 9.67 Å². The summed E-state index contributed by atoms with van der Waals surface area (Å²) in [6.07, 6.45) is 0. The number of nitrogens with zero attached hydrogens (tertiary/aromatic N) is 3. The van der Waals surface area contributed by atoms with Crippen molar-refractivity contribution in [2.24, 2.45) is 0 Å². The van der Waals surface area contributed by atoms with E-state index in [9.17, 15) is 9.59 Å². The summed E-state index contributed by atoms with van der Waals surface area (Å²) in [6, 6.07) is 7.14. The van der Waals surface area contributed by atoms with Crippen molar-refractivity contribution in [1.82, 2.24) is 14.8 Å². The molecular formula is C13H11BrN4O3. The van der Waals surface area contributed by atoms with Gasteiger partial charge in [0.15, 0.2) is 0 Å². The van der Waals surface area contributed by atoms with E-state index in [1.54, 1.807) is 25.1 Å². The second kappa shape index (κ2) is 5.28. The number of amides is 1. The molecule has 1 aromatic carbocycles. The highest BCUT2D eigenvalue weighted by molar-refractivity contribution is 9.10. The Hall–Kier alpha value is -2.22. The lowest BCUT2D eigenvalue weighted by molar-refractivity contribution is -0.117. The molecule has 108 valence electrons. The average Bonchev–Trinajstić information content (AvgIpc) is 2.84. The molecule has 2 aromatic rings. The van der Waals surface area contributed by atoms with Crippen molar-refractivity contribution in [3.8, 4) is 6.01 Å². The first kappa shape index (κ1) is 13.7. The Bertz CT molecular complexity index is 728. The van der Waals surface area contributed by atoms with Gasteiger partial charge in [-0.3, -0.25) is 14.9 Å². The zero-order chi connectivity index (χ0) is 15.0. The topological polar surface area (TPSA) is 86.1 Å². The van der Waals surface area contributed by atoms with Crippen LogP contribution in [-0.4, -0.2) is 33.2 Å². The summed E-state index contributed by atoms with van der Waals surface area (Å²) in [6.45, 7) is 2.16. The largest absolute Gasteiger partial charge is 0.463 e. The Labute approximate surface area is 128 Å². The third kappa shape index (κ3) is 2.31. The van der Waals surface area contributed by atoms with E-state index in [-0.39, 0.29) is 12.0 Å². The van der Waals surface area contributed by atoms with Crippen molar-refractivity contribution < 1.29 is 14.3 Å². The number of carbonyl (C=O) groups excluding carboxylic acids is 2. The van der Waals surface area contributed by atoms with Gasteiger partial charge in [-0.1, -0.05) is 34.1 Å². The van der Waals surface area contributed by atoms with Gasteiger partial charge in [-0.15, -0.1) is 5.10 Å². The van der Waals surface area contributed by atoms with Gasteiger partial charge in [0, 0.05) is 4.47 Å². The summed E-state index contributed by atoms with van der Waals surface area (Å²) < 4.78 is 6.90. The monoisotopic (exact) mass is 350 g/mol. The third-order valence-electron chi connectivity index (χ3n) is 3.03. The number of aromatic nitrogens is 3. The molecule has 1 aliphatic rings. The van der Waals surface area contributed by atoms with Crippen LogP contribution in [0.3, 0.4) is 0 Å². The van der Waals surface area contributed by atoms with E-state index in [0.717, 1.165) is 4.68 Å². The van der Waals surface area contributed by atoms with Gasteiger partial charge in [0.1, 0.15) is 5.92 Å². The van der Waals surface area contributed by atoms with Gasteiger partial charge < -0.3 is 4.74 Å². The average molecular weight is 351 g/mol. The summed E-state index contributed by atoms with van der Waals surface area (Å²) in [4.78, 5) is 28.7. The molecule has 8 heteroatoms. The van der Waals surface area contributed by atoms with Gasteiger partial charge in [0.05, 0.1) is 6.61 Å². The fourth-order valence-corrected chi connectivity index (χ4v) is 2.63. The maximum Gasteiger partial charge on any atom is 0.337 e. The van der Waals surface area contributed by atoms with Gasteiger partial charge in [0.2, 0.25) is 11.9 Å². The molecule has 0 spiro atoms. The van der Waals surface area contributed by atoms with Crippen LogP contribution in [0.1, 0.15) is 23.2 Å². The normalized spacial score (nSPS) is 17.3. The predicted octanol–water partition coefficient (Wildman–Crippen LogP) is 1.82. The minimum absolute atomic E-state index is 0.0638. The lowest BCUT2D eigenvalue weighted by atomic mass is 9.96. The molecule has 0 fully saturated rings. The molecule has 1 aliphatic heterocycles. The van der Waals surface area contributed by atoms with Crippen molar-refractivity contribution >= 4 is 33.7 Å². The van der Waals surface area contributed by atoms with E-state index >= 15 is 0 Å². The number of hydrogen-bond donors (Lipinski definition) is 1. The predicted molar refractivity (Wildman–Crippen MR) is 77.3 cm³/mol. The molecule has 0 saturated carbocycles. The van der Waals surface area contributed by atoms with Crippen molar-refractivity contribution in [3.63, 3.8) is 0 Å². The van der Waals surface area contributed by atoms with Crippen LogP contribution >= 0.6 is 15.9 Å². The molecule has 0 radical (unpaired) electrons. The van der Waals surface area contributed by atoms with E-state index in [0.29, 0.717) is 16.6 Å². The van der Waals surface area contributed by atoms with Gasteiger partial charge >= 0.3 is 6.01 Å². The lowest BCUT2D eigenvalue weighted by Crippen LogP contribution is -2.38. The van der Waals surface area contributed by atoms with E-state index in [4.69, 9.17) is 4.74 Å². The maximum absolute atomic E-state index is 12.5. The van der Waals surface area contributed by atoms with Gasteiger partial charge in [-0.05, 0) is 18.6 Å². The highest BCUT2D eigenvalue weighted by atomic mass is 79.9. The molecular weight excluding hydrogens is 340 g/mol. The Morgan fingerprint density at radius 1 is 1.38 bits per heavy atom. The van der Waals surface area contributed by atoms with Gasteiger partial charge in [0.25, 0.3) is 5.91 Å². The molecule has 7 nitrogen and oxygen atoms in total. The molecule has 0 saturated heterocycles. The van der Waals surface area contributed by atoms with Crippen LogP contribution in [0.15, 0.2) is 28.7 Å². The second-order valence-corrected chi connectivity index (χ2v) is 5.20. The zero-order valence-corrected chi connectivity index (χ0v) is 12.6.